The molecule has 0 amide bonds. The summed E-state index contributed by atoms with van der Waals surface area (Å²) in [5.41, 5.74) is 2.81. The Morgan fingerprint density at radius 3 is 2.67 bits per heavy atom. The van der Waals surface area contributed by atoms with Gasteiger partial charge in [0.2, 0.25) is 0 Å². The van der Waals surface area contributed by atoms with Crippen molar-refractivity contribution in [3.63, 3.8) is 0 Å². The lowest BCUT2D eigenvalue weighted by atomic mass is 9.76. The van der Waals surface area contributed by atoms with Crippen LogP contribution in [0.5, 0.6) is 0 Å². The predicted octanol–water partition coefficient (Wildman–Crippen LogP) is 2.53. The maximum absolute atomic E-state index is 12.3. The van der Waals surface area contributed by atoms with E-state index in [-0.39, 0.29) is 16.4 Å². The van der Waals surface area contributed by atoms with Gasteiger partial charge in [-0.2, -0.15) is 0 Å². The van der Waals surface area contributed by atoms with Crippen LogP contribution in [-0.2, 0) is 22.8 Å². The maximum Gasteiger partial charge on any atom is 0.165 e. The minimum atomic E-state index is -2.95. The van der Waals surface area contributed by atoms with Crippen molar-refractivity contribution in [1.29, 1.82) is 0 Å². The molecule has 5 heteroatoms. The minimum absolute atomic E-state index is 0.0405. The lowest BCUT2D eigenvalue weighted by Crippen LogP contribution is -2.30. The Balaban J connectivity index is 1.99. The molecule has 21 heavy (non-hydrogen) atoms. The summed E-state index contributed by atoms with van der Waals surface area (Å²) in [6.07, 6.45) is 2.92. The van der Waals surface area contributed by atoms with Crippen LogP contribution in [0.4, 0.5) is 0 Å². The molecule has 1 aromatic heterocycles. The average Bonchev–Trinajstić information content (AvgIpc) is 2.82. The number of carbonyl (C=O) groups is 1. The number of rotatable bonds is 2. The molecule has 1 aromatic rings. The van der Waals surface area contributed by atoms with E-state index in [2.05, 4.69) is 18.4 Å². The number of hydrogen-bond donors (Lipinski definition) is 0. The van der Waals surface area contributed by atoms with Gasteiger partial charge in [-0.25, -0.2) is 8.42 Å². The molecule has 2 aliphatic rings. The fourth-order valence-corrected chi connectivity index (χ4v) is 5.53. The molecule has 0 aromatic carbocycles. The average molecular weight is 309 g/mol. The van der Waals surface area contributed by atoms with Crippen LogP contribution in [0.25, 0.3) is 0 Å². The largest absolute Gasteiger partial charge is 0.347 e. The Morgan fingerprint density at radius 1 is 1.33 bits per heavy atom. The molecule has 0 radical (unpaired) electrons. The van der Waals surface area contributed by atoms with E-state index >= 15 is 0 Å². The summed E-state index contributed by atoms with van der Waals surface area (Å²) < 4.78 is 26.2. The quantitative estimate of drug-likeness (QED) is 0.843. The summed E-state index contributed by atoms with van der Waals surface area (Å²) in [7, 11) is -2.95. The van der Waals surface area contributed by atoms with Crippen molar-refractivity contribution in [2.75, 3.05) is 5.75 Å². The smallest absolute Gasteiger partial charge is 0.165 e. The topological polar surface area (TPSA) is 56.1 Å². The molecule has 1 aliphatic heterocycles. The summed E-state index contributed by atoms with van der Waals surface area (Å²) in [5.74, 6) is 0.502. The van der Waals surface area contributed by atoms with E-state index in [0.717, 1.165) is 36.2 Å². The summed E-state index contributed by atoms with van der Waals surface area (Å²) in [6.45, 7) is 6.69. The number of aryl methyl sites for hydroxylation is 1. The number of fused-ring (bicyclic) bond motifs is 1. The van der Waals surface area contributed by atoms with Gasteiger partial charge in [0.05, 0.1) is 11.0 Å². The molecule has 0 N–H and O–H groups in total. The van der Waals surface area contributed by atoms with Crippen molar-refractivity contribution in [1.82, 2.24) is 4.57 Å². The number of hydrogen-bond acceptors (Lipinski definition) is 3. The Bertz CT molecular complexity index is 697. The molecule has 1 saturated heterocycles. The van der Waals surface area contributed by atoms with Gasteiger partial charge in [-0.3, -0.25) is 4.79 Å². The first-order valence-electron chi connectivity index (χ1n) is 7.63. The molecule has 4 nitrogen and oxygen atoms in total. The van der Waals surface area contributed by atoms with Crippen molar-refractivity contribution in [2.24, 2.45) is 5.41 Å². The molecule has 1 unspecified atom stereocenters. The van der Waals surface area contributed by atoms with E-state index in [1.165, 1.54) is 0 Å². The van der Waals surface area contributed by atoms with Crippen LogP contribution in [0, 0.1) is 12.3 Å². The highest BCUT2D eigenvalue weighted by atomic mass is 32.2. The summed E-state index contributed by atoms with van der Waals surface area (Å²) in [5, 5.41) is -0.284. The van der Waals surface area contributed by atoms with Gasteiger partial charge in [-0.05, 0) is 37.7 Å². The first-order valence-corrected chi connectivity index (χ1v) is 9.35. The Hall–Kier alpha value is -1.10. The molecule has 116 valence electrons. The molecule has 1 aliphatic carbocycles. The van der Waals surface area contributed by atoms with E-state index in [4.69, 9.17) is 0 Å². The third-order valence-corrected chi connectivity index (χ3v) is 7.11. The van der Waals surface area contributed by atoms with Crippen LogP contribution < -0.4 is 0 Å². The zero-order valence-electron chi connectivity index (χ0n) is 13.0. The number of Topliss-reactive ketones (excluding diaryl/α,β-unsaturated/α-hetero) is 1. The maximum atomic E-state index is 12.3. The van der Waals surface area contributed by atoms with Gasteiger partial charge in [0.25, 0.3) is 0 Å². The van der Waals surface area contributed by atoms with Crippen molar-refractivity contribution < 1.29 is 13.2 Å². The Morgan fingerprint density at radius 2 is 2.05 bits per heavy atom. The van der Waals surface area contributed by atoms with Crippen molar-refractivity contribution in [3.05, 3.63) is 23.0 Å². The molecule has 2 heterocycles. The lowest BCUT2D eigenvalue weighted by molar-refractivity contribution is 0.0910. The minimum Gasteiger partial charge on any atom is -0.347 e. The van der Waals surface area contributed by atoms with Crippen LogP contribution in [0.3, 0.4) is 0 Å². The van der Waals surface area contributed by atoms with E-state index in [1.807, 2.05) is 13.0 Å². The second-order valence-corrected chi connectivity index (χ2v) is 9.73. The molecule has 0 spiro atoms. The van der Waals surface area contributed by atoms with Gasteiger partial charge >= 0.3 is 0 Å². The van der Waals surface area contributed by atoms with Gasteiger partial charge in [-0.1, -0.05) is 13.8 Å². The van der Waals surface area contributed by atoms with Gasteiger partial charge in [0.1, 0.15) is 0 Å². The monoisotopic (exact) mass is 309 g/mol. The van der Waals surface area contributed by atoms with E-state index in [0.29, 0.717) is 18.7 Å². The molecule has 1 fully saturated rings. The van der Waals surface area contributed by atoms with Crippen LogP contribution >= 0.6 is 0 Å². The normalized spacial score (nSPS) is 26.8. The van der Waals surface area contributed by atoms with Crippen LogP contribution in [0.1, 0.15) is 54.9 Å². The molecule has 0 saturated carbocycles. The molecule has 3 rings (SSSR count). The van der Waals surface area contributed by atoms with Crippen LogP contribution in [-0.4, -0.2) is 29.8 Å². The Kier molecular flexibility index (Phi) is 3.32. The highest BCUT2D eigenvalue weighted by Crippen LogP contribution is 2.37. The zero-order chi connectivity index (χ0) is 15.4. The van der Waals surface area contributed by atoms with Crippen LogP contribution in [0.2, 0.25) is 0 Å². The number of sulfone groups is 1. The molecular weight excluding hydrogens is 286 g/mol. The highest BCUT2D eigenvalue weighted by Gasteiger charge is 2.36. The van der Waals surface area contributed by atoms with Crippen LogP contribution in [0.15, 0.2) is 6.07 Å². The lowest BCUT2D eigenvalue weighted by Gasteiger charge is -2.30. The van der Waals surface area contributed by atoms with Gasteiger partial charge in [0.15, 0.2) is 15.6 Å². The number of carbonyl (C=O) groups excluding carboxylic acids is 1. The van der Waals surface area contributed by atoms with Crippen molar-refractivity contribution >= 4 is 15.6 Å². The van der Waals surface area contributed by atoms with Crippen molar-refractivity contribution in [3.8, 4) is 0 Å². The third kappa shape index (κ3) is 2.56. The third-order valence-electron chi connectivity index (χ3n) is 4.85. The number of aromatic nitrogens is 1. The van der Waals surface area contributed by atoms with E-state index < -0.39 is 9.84 Å². The summed E-state index contributed by atoms with van der Waals surface area (Å²) in [6, 6.07) is 1.94. The van der Waals surface area contributed by atoms with E-state index in [9.17, 15) is 13.2 Å². The first-order chi connectivity index (χ1) is 9.70. The highest BCUT2D eigenvalue weighted by molar-refractivity contribution is 7.92. The molecule has 1 atom stereocenters. The molecular formula is C16H23NO3S. The standard InChI is InChI=1S/C16H23NO3S/c1-11-7-13-14(8-16(2,3)9-15(13)18)17(11)10-12-5-4-6-21(12,19)20/h7,12H,4-6,8-10H2,1-3H3. The Labute approximate surface area is 126 Å². The zero-order valence-corrected chi connectivity index (χ0v) is 13.8. The van der Waals surface area contributed by atoms with Gasteiger partial charge in [-0.15, -0.1) is 0 Å². The fourth-order valence-electron chi connectivity index (χ4n) is 3.73. The molecule has 0 bridgehead atoms. The number of nitrogens with zero attached hydrogens (tertiary/aromatic N) is 1. The van der Waals surface area contributed by atoms with Crippen molar-refractivity contribution in [2.45, 2.75) is 58.2 Å². The second-order valence-electron chi connectivity index (χ2n) is 7.33. The van der Waals surface area contributed by atoms with Gasteiger partial charge < -0.3 is 4.57 Å². The summed E-state index contributed by atoms with van der Waals surface area (Å²) in [4.78, 5) is 12.3. The van der Waals surface area contributed by atoms with E-state index in [1.54, 1.807) is 0 Å². The summed E-state index contributed by atoms with van der Waals surface area (Å²) >= 11 is 0. The fraction of sp³-hybridized carbons (Fsp3) is 0.688. The predicted molar refractivity (Wildman–Crippen MR) is 82.4 cm³/mol. The number of ketones is 1. The SMILES string of the molecule is Cc1cc2c(n1CC1CCCS1(=O)=O)CC(C)(C)CC2=O. The van der Waals surface area contributed by atoms with Gasteiger partial charge in [0, 0.05) is 29.9 Å². The second kappa shape index (κ2) is 4.70. The first kappa shape index (κ1) is 14.8.